The molecule has 2 saturated heterocycles. The number of carbonyl (C=O) groups excluding carboxylic acids is 1. The topological polar surface area (TPSA) is 79.0 Å². The Morgan fingerprint density at radius 2 is 1.83 bits per heavy atom. The molecule has 0 aliphatic carbocycles. The molecule has 4 rings (SSSR count). The van der Waals surface area contributed by atoms with Crippen LogP contribution in [0.1, 0.15) is 37.7 Å². The van der Waals surface area contributed by atoms with E-state index in [1.54, 1.807) is 24.3 Å². The molecule has 1 N–H and O–H groups in total. The van der Waals surface area contributed by atoms with E-state index >= 15 is 0 Å². The fourth-order valence-corrected chi connectivity index (χ4v) is 6.63. The summed E-state index contributed by atoms with van der Waals surface area (Å²) in [6, 6.07) is 9.37. The minimum Gasteiger partial charge on any atom is -0.495 e. The average Bonchev–Trinajstić information content (AvgIpc) is 2.87. The summed E-state index contributed by atoms with van der Waals surface area (Å²) in [4.78, 5) is 15.1. The number of ether oxygens (including phenoxy) is 1. The monoisotopic (exact) mass is 523 g/mol. The molecule has 10 heteroatoms. The third-order valence-electron chi connectivity index (χ3n) is 6.77. The Morgan fingerprint density at radius 3 is 2.49 bits per heavy atom. The van der Waals surface area contributed by atoms with Crippen molar-refractivity contribution in [1.82, 2.24) is 9.21 Å². The molecule has 190 valence electrons. The van der Waals surface area contributed by atoms with Crippen molar-refractivity contribution in [1.29, 1.82) is 0 Å². The van der Waals surface area contributed by atoms with Gasteiger partial charge in [-0.1, -0.05) is 24.1 Å². The minimum atomic E-state index is -3.72. The number of methoxy groups -OCH3 is 1. The highest BCUT2D eigenvalue weighted by atomic mass is 35.5. The molecule has 1 amide bonds. The molecule has 2 aliphatic rings. The van der Waals surface area contributed by atoms with Gasteiger partial charge in [0.1, 0.15) is 16.5 Å². The maximum Gasteiger partial charge on any atom is 0.246 e. The SMILES string of the molecule is COc1ccc(NC(=O)C2CCN(Cc3c(F)cccc3Cl)CC2)cc1S(=O)(=O)N1CCCCC1. The van der Waals surface area contributed by atoms with Crippen molar-refractivity contribution in [2.45, 2.75) is 43.5 Å². The fraction of sp³-hybridized carbons (Fsp3) is 0.480. The number of carbonyl (C=O) groups is 1. The molecule has 2 aromatic rings. The molecule has 2 aliphatic heterocycles. The van der Waals surface area contributed by atoms with Gasteiger partial charge in [-0.2, -0.15) is 4.31 Å². The minimum absolute atomic E-state index is 0.0660. The van der Waals surface area contributed by atoms with Crippen molar-refractivity contribution >= 4 is 33.2 Å². The first-order valence-electron chi connectivity index (χ1n) is 11.9. The van der Waals surface area contributed by atoms with Crippen LogP contribution in [0, 0.1) is 11.7 Å². The Labute approximate surface area is 211 Å². The number of rotatable bonds is 7. The van der Waals surface area contributed by atoms with E-state index in [0.29, 0.717) is 61.8 Å². The highest BCUT2D eigenvalue weighted by molar-refractivity contribution is 7.89. The number of sulfonamides is 1. The molecule has 0 aromatic heterocycles. The number of benzene rings is 2. The first kappa shape index (κ1) is 25.9. The van der Waals surface area contributed by atoms with E-state index in [9.17, 15) is 17.6 Å². The lowest BCUT2D eigenvalue weighted by Gasteiger charge is -2.31. The van der Waals surface area contributed by atoms with Crippen LogP contribution in [0.25, 0.3) is 0 Å². The summed E-state index contributed by atoms with van der Waals surface area (Å²) < 4.78 is 47.4. The molecule has 2 heterocycles. The predicted molar refractivity (Wildman–Crippen MR) is 134 cm³/mol. The zero-order valence-electron chi connectivity index (χ0n) is 19.8. The second kappa shape index (κ2) is 11.2. The van der Waals surface area contributed by atoms with Gasteiger partial charge in [-0.05, 0) is 69.1 Å². The number of anilines is 1. The van der Waals surface area contributed by atoms with Gasteiger partial charge in [0.25, 0.3) is 0 Å². The number of hydrogen-bond donors (Lipinski definition) is 1. The second-order valence-corrected chi connectivity index (χ2v) is 11.4. The van der Waals surface area contributed by atoms with Crippen molar-refractivity contribution in [2.24, 2.45) is 5.92 Å². The molecular formula is C25H31ClFN3O4S. The number of likely N-dealkylation sites (tertiary alicyclic amines) is 1. The Morgan fingerprint density at radius 1 is 1.11 bits per heavy atom. The molecule has 0 saturated carbocycles. The summed E-state index contributed by atoms with van der Waals surface area (Å²) in [5.41, 5.74) is 0.893. The summed E-state index contributed by atoms with van der Waals surface area (Å²) in [7, 11) is -2.29. The van der Waals surface area contributed by atoms with Crippen LogP contribution in [0.2, 0.25) is 5.02 Å². The number of amides is 1. The Hall–Kier alpha value is -2.20. The Bertz CT molecular complexity index is 1140. The lowest BCUT2D eigenvalue weighted by molar-refractivity contribution is -0.121. The Kier molecular flexibility index (Phi) is 8.31. The highest BCUT2D eigenvalue weighted by Gasteiger charge is 2.30. The van der Waals surface area contributed by atoms with Crippen LogP contribution < -0.4 is 10.1 Å². The number of nitrogens with one attached hydrogen (secondary N) is 1. The third-order valence-corrected chi connectivity index (χ3v) is 9.04. The maximum atomic E-state index is 14.1. The van der Waals surface area contributed by atoms with Gasteiger partial charge in [0.2, 0.25) is 15.9 Å². The molecule has 2 aromatic carbocycles. The molecule has 2 fully saturated rings. The molecule has 0 spiro atoms. The van der Waals surface area contributed by atoms with E-state index in [-0.39, 0.29) is 28.3 Å². The van der Waals surface area contributed by atoms with Crippen molar-refractivity contribution in [3.63, 3.8) is 0 Å². The zero-order chi connectivity index (χ0) is 25.0. The van der Waals surface area contributed by atoms with Gasteiger partial charge in [0, 0.05) is 41.8 Å². The quantitative estimate of drug-likeness (QED) is 0.577. The largest absolute Gasteiger partial charge is 0.495 e. The first-order chi connectivity index (χ1) is 16.8. The van der Waals surface area contributed by atoms with Crippen molar-refractivity contribution in [2.75, 3.05) is 38.6 Å². The highest BCUT2D eigenvalue weighted by Crippen LogP contribution is 2.32. The van der Waals surface area contributed by atoms with E-state index in [1.807, 2.05) is 0 Å². The summed E-state index contributed by atoms with van der Waals surface area (Å²) in [6.45, 7) is 2.65. The second-order valence-electron chi connectivity index (χ2n) is 9.07. The van der Waals surface area contributed by atoms with Crippen LogP contribution in [0.15, 0.2) is 41.3 Å². The van der Waals surface area contributed by atoms with E-state index in [4.69, 9.17) is 16.3 Å². The fourth-order valence-electron chi connectivity index (χ4n) is 4.70. The van der Waals surface area contributed by atoms with Gasteiger partial charge in [0.15, 0.2) is 0 Å². The van der Waals surface area contributed by atoms with E-state index in [2.05, 4.69) is 10.2 Å². The molecule has 0 atom stereocenters. The van der Waals surface area contributed by atoms with Crippen LogP contribution in [-0.4, -0.2) is 56.8 Å². The first-order valence-corrected chi connectivity index (χ1v) is 13.8. The van der Waals surface area contributed by atoms with Gasteiger partial charge < -0.3 is 10.1 Å². The maximum absolute atomic E-state index is 14.1. The lowest BCUT2D eigenvalue weighted by Crippen LogP contribution is -2.38. The van der Waals surface area contributed by atoms with Gasteiger partial charge in [-0.15, -0.1) is 0 Å². The van der Waals surface area contributed by atoms with Crippen LogP contribution >= 0.6 is 11.6 Å². The van der Waals surface area contributed by atoms with Gasteiger partial charge in [-0.25, -0.2) is 12.8 Å². The van der Waals surface area contributed by atoms with Crippen LogP contribution in [0.5, 0.6) is 5.75 Å². The van der Waals surface area contributed by atoms with Gasteiger partial charge in [-0.3, -0.25) is 9.69 Å². The zero-order valence-corrected chi connectivity index (χ0v) is 21.4. The number of nitrogens with zero attached hydrogens (tertiary/aromatic N) is 2. The summed E-state index contributed by atoms with van der Waals surface area (Å²) in [5, 5.41) is 3.29. The molecule has 0 radical (unpaired) electrons. The predicted octanol–water partition coefficient (Wildman–Crippen LogP) is 4.51. The number of hydrogen-bond acceptors (Lipinski definition) is 5. The summed E-state index contributed by atoms with van der Waals surface area (Å²) in [5.74, 6) is -0.437. The smallest absolute Gasteiger partial charge is 0.246 e. The Balaban J connectivity index is 1.40. The molecule has 7 nitrogen and oxygen atoms in total. The van der Waals surface area contributed by atoms with E-state index in [1.165, 1.54) is 23.5 Å². The molecule has 0 bridgehead atoms. The van der Waals surface area contributed by atoms with Crippen LogP contribution in [0.3, 0.4) is 0 Å². The van der Waals surface area contributed by atoms with Gasteiger partial charge >= 0.3 is 0 Å². The number of halogens is 2. The molecule has 35 heavy (non-hydrogen) atoms. The molecular weight excluding hydrogens is 493 g/mol. The normalized spacial score (nSPS) is 18.4. The lowest BCUT2D eigenvalue weighted by atomic mass is 9.95. The molecule has 0 unspecified atom stereocenters. The number of piperidine rings is 2. The van der Waals surface area contributed by atoms with E-state index in [0.717, 1.165) is 19.3 Å². The van der Waals surface area contributed by atoms with E-state index < -0.39 is 10.0 Å². The van der Waals surface area contributed by atoms with Crippen molar-refractivity contribution in [3.8, 4) is 5.75 Å². The third kappa shape index (κ3) is 5.97. The standard InChI is InChI=1S/C25H31ClFN3O4S/c1-34-23-9-8-19(16-24(23)35(32,33)30-12-3-2-4-13-30)28-25(31)18-10-14-29(15-11-18)17-20-21(26)6-5-7-22(20)27/h5-9,16,18H,2-4,10-15,17H2,1H3,(H,28,31). The van der Waals surface area contributed by atoms with Crippen molar-refractivity contribution < 1.29 is 22.3 Å². The van der Waals surface area contributed by atoms with Gasteiger partial charge in [0.05, 0.1) is 7.11 Å². The van der Waals surface area contributed by atoms with Crippen molar-refractivity contribution in [3.05, 3.63) is 52.8 Å². The van der Waals surface area contributed by atoms with Crippen LogP contribution in [-0.2, 0) is 21.4 Å². The summed E-state index contributed by atoms with van der Waals surface area (Å²) >= 11 is 6.15. The summed E-state index contributed by atoms with van der Waals surface area (Å²) in [6.07, 6.45) is 3.92. The average molecular weight is 524 g/mol. The van der Waals surface area contributed by atoms with Crippen LogP contribution in [0.4, 0.5) is 10.1 Å².